The van der Waals surface area contributed by atoms with Gasteiger partial charge in [0.25, 0.3) is 0 Å². The second kappa shape index (κ2) is 9.84. The number of halogens is 1. The van der Waals surface area contributed by atoms with Gasteiger partial charge in [0.1, 0.15) is 10.6 Å². The lowest BCUT2D eigenvalue weighted by atomic mass is 10.0. The zero-order valence-corrected chi connectivity index (χ0v) is 19.1. The number of thiophene rings is 1. The van der Waals surface area contributed by atoms with Gasteiger partial charge >= 0.3 is 5.97 Å². The SMILES string of the molecule is CCOC(=O)c1c(-c2ccc(Br)cc2)csc1NC(=O)CN1CC(C)OC(C)C1. The molecule has 0 aliphatic carbocycles. The lowest BCUT2D eigenvalue weighted by Crippen LogP contribution is -2.48. The minimum absolute atomic E-state index is 0.0902. The fourth-order valence-electron chi connectivity index (χ4n) is 3.48. The lowest BCUT2D eigenvalue weighted by Gasteiger charge is -2.34. The first kappa shape index (κ1) is 22.0. The lowest BCUT2D eigenvalue weighted by molar-refractivity contribution is -0.121. The van der Waals surface area contributed by atoms with Crippen molar-refractivity contribution in [2.45, 2.75) is 33.0 Å². The van der Waals surface area contributed by atoms with Gasteiger partial charge in [-0.25, -0.2) is 4.79 Å². The number of esters is 1. The van der Waals surface area contributed by atoms with Crippen LogP contribution in [-0.4, -0.2) is 55.2 Å². The first-order valence-corrected chi connectivity index (χ1v) is 11.3. The van der Waals surface area contributed by atoms with Crippen LogP contribution in [0.1, 0.15) is 31.1 Å². The quantitative estimate of drug-likeness (QED) is 0.620. The summed E-state index contributed by atoms with van der Waals surface area (Å²) < 4.78 is 11.9. The van der Waals surface area contributed by atoms with Gasteiger partial charge in [0.05, 0.1) is 25.4 Å². The van der Waals surface area contributed by atoms with Crippen LogP contribution in [0.4, 0.5) is 5.00 Å². The fourth-order valence-corrected chi connectivity index (χ4v) is 4.72. The number of morpholine rings is 1. The van der Waals surface area contributed by atoms with E-state index >= 15 is 0 Å². The molecule has 1 aromatic heterocycles. The van der Waals surface area contributed by atoms with E-state index in [1.807, 2.05) is 43.5 Å². The van der Waals surface area contributed by atoms with E-state index in [4.69, 9.17) is 9.47 Å². The summed E-state index contributed by atoms with van der Waals surface area (Å²) in [5, 5.41) is 5.31. The Bertz CT molecular complexity index is 858. The van der Waals surface area contributed by atoms with Crippen LogP contribution in [-0.2, 0) is 14.3 Å². The molecular formula is C21H25BrN2O4S. The average Bonchev–Trinajstić information content (AvgIpc) is 3.05. The number of hydrogen-bond acceptors (Lipinski definition) is 6. The van der Waals surface area contributed by atoms with Crippen molar-refractivity contribution in [2.75, 3.05) is 31.6 Å². The van der Waals surface area contributed by atoms with E-state index in [0.29, 0.717) is 23.7 Å². The van der Waals surface area contributed by atoms with Crippen molar-refractivity contribution in [3.05, 3.63) is 39.7 Å². The summed E-state index contributed by atoms with van der Waals surface area (Å²) in [6.45, 7) is 7.71. The molecule has 2 aromatic rings. The number of ether oxygens (including phenoxy) is 2. The zero-order valence-electron chi connectivity index (χ0n) is 16.7. The Hall–Kier alpha value is -1.74. The van der Waals surface area contributed by atoms with E-state index in [2.05, 4.69) is 26.1 Å². The molecule has 29 heavy (non-hydrogen) atoms. The smallest absolute Gasteiger partial charge is 0.341 e. The summed E-state index contributed by atoms with van der Waals surface area (Å²) in [6.07, 6.45) is 0.180. The van der Waals surface area contributed by atoms with Gasteiger partial charge in [0, 0.05) is 28.5 Å². The molecule has 1 N–H and O–H groups in total. The van der Waals surface area contributed by atoms with E-state index < -0.39 is 5.97 Å². The van der Waals surface area contributed by atoms with E-state index in [0.717, 1.165) is 15.6 Å². The number of amides is 1. The van der Waals surface area contributed by atoms with E-state index in [1.54, 1.807) is 6.92 Å². The molecule has 0 spiro atoms. The third kappa shape index (κ3) is 5.66. The molecule has 3 rings (SSSR count). The summed E-state index contributed by atoms with van der Waals surface area (Å²) in [5.74, 6) is -0.586. The topological polar surface area (TPSA) is 67.9 Å². The molecule has 1 aromatic carbocycles. The summed E-state index contributed by atoms with van der Waals surface area (Å²) in [6, 6.07) is 7.69. The first-order valence-electron chi connectivity index (χ1n) is 9.59. The van der Waals surface area contributed by atoms with Gasteiger partial charge in [0.2, 0.25) is 5.91 Å². The van der Waals surface area contributed by atoms with Crippen LogP contribution in [0, 0.1) is 0 Å². The molecule has 2 unspecified atom stereocenters. The molecule has 1 saturated heterocycles. The van der Waals surface area contributed by atoms with Crippen LogP contribution in [0.15, 0.2) is 34.1 Å². The van der Waals surface area contributed by atoms with Crippen molar-refractivity contribution in [1.82, 2.24) is 4.90 Å². The van der Waals surface area contributed by atoms with Gasteiger partial charge in [-0.1, -0.05) is 28.1 Å². The monoisotopic (exact) mass is 480 g/mol. The van der Waals surface area contributed by atoms with Gasteiger partial charge < -0.3 is 14.8 Å². The van der Waals surface area contributed by atoms with Crippen molar-refractivity contribution < 1.29 is 19.1 Å². The number of nitrogens with zero attached hydrogens (tertiary/aromatic N) is 1. The molecular weight excluding hydrogens is 456 g/mol. The average molecular weight is 481 g/mol. The minimum Gasteiger partial charge on any atom is -0.462 e. The molecule has 0 saturated carbocycles. The van der Waals surface area contributed by atoms with Crippen LogP contribution in [0.2, 0.25) is 0 Å². The Labute approximate surface area is 183 Å². The molecule has 1 aliphatic rings. The number of carbonyl (C=O) groups excluding carboxylic acids is 2. The third-order valence-electron chi connectivity index (χ3n) is 4.54. The van der Waals surface area contributed by atoms with Gasteiger partial charge in [-0.3, -0.25) is 9.69 Å². The minimum atomic E-state index is -0.435. The van der Waals surface area contributed by atoms with Gasteiger partial charge in [0.15, 0.2) is 0 Å². The second-order valence-corrected chi connectivity index (χ2v) is 8.88. The third-order valence-corrected chi connectivity index (χ3v) is 5.97. The van der Waals surface area contributed by atoms with Gasteiger partial charge in [-0.15, -0.1) is 11.3 Å². The number of nitrogens with one attached hydrogen (secondary N) is 1. The molecule has 2 heterocycles. The Morgan fingerprint density at radius 1 is 1.24 bits per heavy atom. The van der Waals surface area contributed by atoms with E-state index in [-0.39, 0.29) is 31.3 Å². The Balaban J connectivity index is 1.80. The highest BCUT2D eigenvalue weighted by Crippen LogP contribution is 2.36. The maximum Gasteiger partial charge on any atom is 0.341 e. The van der Waals surface area contributed by atoms with Crippen LogP contribution in [0.3, 0.4) is 0 Å². The van der Waals surface area contributed by atoms with Crippen molar-refractivity contribution >= 4 is 44.1 Å². The van der Waals surface area contributed by atoms with Crippen LogP contribution in [0.5, 0.6) is 0 Å². The van der Waals surface area contributed by atoms with Crippen LogP contribution >= 0.6 is 27.3 Å². The molecule has 156 valence electrons. The molecule has 0 radical (unpaired) electrons. The van der Waals surface area contributed by atoms with Crippen LogP contribution in [0.25, 0.3) is 11.1 Å². The number of anilines is 1. The molecule has 2 atom stereocenters. The van der Waals surface area contributed by atoms with Gasteiger partial charge in [-0.2, -0.15) is 0 Å². The van der Waals surface area contributed by atoms with Crippen molar-refractivity contribution in [3.8, 4) is 11.1 Å². The van der Waals surface area contributed by atoms with Crippen molar-refractivity contribution in [3.63, 3.8) is 0 Å². The Kier molecular flexibility index (Phi) is 7.45. The Morgan fingerprint density at radius 3 is 2.52 bits per heavy atom. The summed E-state index contributed by atoms with van der Waals surface area (Å²) in [7, 11) is 0. The maximum atomic E-state index is 12.7. The number of rotatable bonds is 6. The number of carbonyl (C=O) groups is 2. The molecule has 0 bridgehead atoms. The molecule has 6 nitrogen and oxygen atoms in total. The largest absolute Gasteiger partial charge is 0.462 e. The second-order valence-electron chi connectivity index (χ2n) is 7.08. The molecule has 1 fully saturated rings. The maximum absolute atomic E-state index is 12.7. The summed E-state index contributed by atoms with van der Waals surface area (Å²) in [4.78, 5) is 27.4. The van der Waals surface area contributed by atoms with Crippen molar-refractivity contribution in [1.29, 1.82) is 0 Å². The molecule has 1 amide bonds. The molecule has 8 heteroatoms. The summed E-state index contributed by atoms with van der Waals surface area (Å²) in [5.41, 5.74) is 2.05. The number of hydrogen-bond donors (Lipinski definition) is 1. The van der Waals surface area contributed by atoms with E-state index in [9.17, 15) is 9.59 Å². The summed E-state index contributed by atoms with van der Waals surface area (Å²) >= 11 is 4.76. The van der Waals surface area contributed by atoms with Gasteiger partial charge in [-0.05, 0) is 38.5 Å². The predicted octanol–water partition coefficient (Wildman–Crippen LogP) is 4.40. The van der Waals surface area contributed by atoms with Crippen LogP contribution < -0.4 is 5.32 Å². The highest BCUT2D eigenvalue weighted by Gasteiger charge is 2.26. The predicted molar refractivity (Wildman–Crippen MR) is 118 cm³/mol. The highest BCUT2D eigenvalue weighted by atomic mass is 79.9. The van der Waals surface area contributed by atoms with E-state index in [1.165, 1.54) is 11.3 Å². The normalized spacial score (nSPS) is 19.7. The number of benzene rings is 1. The van der Waals surface area contributed by atoms with Crippen molar-refractivity contribution in [2.24, 2.45) is 0 Å². The zero-order chi connectivity index (χ0) is 21.0. The fraction of sp³-hybridized carbons (Fsp3) is 0.429. The highest BCUT2D eigenvalue weighted by molar-refractivity contribution is 9.10. The Morgan fingerprint density at radius 2 is 1.90 bits per heavy atom. The standard InChI is InChI=1S/C21H25BrN2O4S/c1-4-27-21(26)19-17(15-5-7-16(22)8-6-15)12-29-20(19)23-18(25)11-24-9-13(2)28-14(3)10-24/h5-8,12-14H,4,9-11H2,1-3H3,(H,23,25). The first-order chi connectivity index (χ1) is 13.9. The molecule has 1 aliphatic heterocycles.